The standard InChI is InChI=1S/C24H21N5O2/c1-31-22-9-5-3-7-19(22)21-14-23(27-15-26-21)28-16-10-12-17(13-11-16)29-24(30)18-6-2-4-8-20(18)25/h2-15H,25H2,1H3,(H,29,30)(H,26,27,28). The van der Waals surface area contributed by atoms with E-state index in [2.05, 4.69) is 20.6 Å². The van der Waals surface area contributed by atoms with Crippen LogP contribution in [-0.2, 0) is 0 Å². The number of methoxy groups -OCH3 is 1. The van der Waals surface area contributed by atoms with Crippen molar-refractivity contribution >= 4 is 28.8 Å². The predicted octanol–water partition coefficient (Wildman–Crippen LogP) is 4.73. The number of aromatic nitrogens is 2. The molecule has 0 bridgehead atoms. The van der Waals surface area contributed by atoms with Crippen molar-refractivity contribution in [2.24, 2.45) is 0 Å². The van der Waals surface area contributed by atoms with Gasteiger partial charge in [0.25, 0.3) is 5.91 Å². The molecule has 0 aliphatic carbocycles. The zero-order chi connectivity index (χ0) is 21.6. The number of anilines is 4. The van der Waals surface area contributed by atoms with E-state index in [9.17, 15) is 4.79 Å². The molecule has 0 atom stereocenters. The van der Waals surface area contributed by atoms with Crippen LogP contribution in [0.15, 0.2) is 85.2 Å². The molecule has 0 fully saturated rings. The van der Waals surface area contributed by atoms with Crippen LogP contribution in [-0.4, -0.2) is 23.0 Å². The molecular formula is C24H21N5O2. The molecular weight excluding hydrogens is 390 g/mol. The van der Waals surface area contributed by atoms with E-state index in [1.807, 2.05) is 54.6 Å². The molecule has 0 unspecified atom stereocenters. The topological polar surface area (TPSA) is 102 Å². The molecule has 3 aromatic carbocycles. The fourth-order valence-corrected chi connectivity index (χ4v) is 3.12. The Morgan fingerprint density at radius 3 is 2.39 bits per heavy atom. The summed E-state index contributed by atoms with van der Waals surface area (Å²) in [6.45, 7) is 0. The predicted molar refractivity (Wildman–Crippen MR) is 123 cm³/mol. The Morgan fingerprint density at radius 1 is 0.903 bits per heavy atom. The van der Waals surface area contributed by atoms with Gasteiger partial charge >= 0.3 is 0 Å². The lowest BCUT2D eigenvalue weighted by Gasteiger charge is -2.11. The molecule has 0 aliphatic heterocycles. The second kappa shape index (κ2) is 8.96. The van der Waals surface area contributed by atoms with E-state index in [0.717, 1.165) is 22.7 Å². The summed E-state index contributed by atoms with van der Waals surface area (Å²) in [5.74, 6) is 1.13. The van der Waals surface area contributed by atoms with Gasteiger partial charge < -0.3 is 21.1 Å². The Kier molecular flexibility index (Phi) is 5.75. The maximum atomic E-state index is 12.4. The number of rotatable bonds is 6. The summed E-state index contributed by atoms with van der Waals surface area (Å²) in [5, 5.41) is 6.10. The van der Waals surface area contributed by atoms with Crippen molar-refractivity contribution in [3.63, 3.8) is 0 Å². The molecule has 1 heterocycles. The van der Waals surface area contributed by atoms with Crippen LogP contribution >= 0.6 is 0 Å². The third kappa shape index (κ3) is 4.62. The van der Waals surface area contributed by atoms with E-state index in [1.165, 1.54) is 6.33 Å². The van der Waals surface area contributed by atoms with Gasteiger partial charge in [-0.05, 0) is 48.5 Å². The van der Waals surface area contributed by atoms with Crippen LogP contribution in [0.2, 0.25) is 0 Å². The molecule has 4 rings (SSSR count). The number of hydrogen-bond donors (Lipinski definition) is 3. The number of carbonyl (C=O) groups is 1. The number of nitrogens with one attached hydrogen (secondary N) is 2. The highest BCUT2D eigenvalue weighted by Gasteiger charge is 2.10. The summed E-state index contributed by atoms with van der Waals surface area (Å²) >= 11 is 0. The van der Waals surface area contributed by atoms with Gasteiger partial charge in [0.1, 0.15) is 17.9 Å². The molecule has 4 aromatic rings. The summed E-state index contributed by atoms with van der Waals surface area (Å²) in [6.07, 6.45) is 1.50. The first kappa shape index (κ1) is 19.9. The fraction of sp³-hybridized carbons (Fsp3) is 0.0417. The number of carbonyl (C=O) groups excluding carboxylic acids is 1. The molecule has 4 N–H and O–H groups in total. The Balaban J connectivity index is 1.47. The number of hydrogen-bond acceptors (Lipinski definition) is 6. The SMILES string of the molecule is COc1ccccc1-c1cc(Nc2ccc(NC(=O)c3ccccc3N)cc2)ncn1. The largest absolute Gasteiger partial charge is 0.496 e. The van der Waals surface area contributed by atoms with Gasteiger partial charge in [-0.3, -0.25) is 4.79 Å². The molecule has 7 heteroatoms. The normalized spacial score (nSPS) is 10.4. The van der Waals surface area contributed by atoms with Crippen molar-refractivity contribution in [2.75, 3.05) is 23.5 Å². The van der Waals surface area contributed by atoms with Crippen molar-refractivity contribution in [3.8, 4) is 17.0 Å². The maximum absolute atomic E-state index is 12.4. The fourth-order valence-electron chi connectivity index (χ4n) is 3.12. The lowest BCUT2D eigenvalue weighted by molar-refractivity contribution is 0.102. The Labute approximate surface area is 179 Å². The molecule has 31 heavy (non-hydrogen) atoms. The number of nitrogens with two attached hydrogens (primary N) is 1. The van der Waals surface area contributed by atoms with E-state index in [0.29, 0.717) is 22.8 Å². The van der Waals surface area contributed by atoms with Gasteiger partial charge in [0.2, 0.25) is 0 Å². The number of nitrogen functional groups attached to an aromatic ring is 1. The zero-order valence-electron chi connectivity index (χ0n) is 16.9. The van der Waals surface area contributed by atoms with Gasteiger partial charge in [0.15, 0.2) is 0 Å². The second-order valence-electron chi connectivity index (χ2n) is 6.73. The second-order valence-corrected chi connectivity index (χ2v) is 6.73. The Bertz CT molecular complexity index is 1210. The highest BCUT2D eigenvalue weighted by atomic mass is 16.5. The first-order valence-corrected chi connectivity index (χ1v) is 9.62. The van der Waals surface area contributed by atoms with Gasteiger partial charge in [0.05, 0.1) is 18.4 Å². The minimum Gasteiger partial charge on any atom is -0.496 e. The first-order chi connectivity index (χ1) is 15.1. The van der Waals surface area contributed by atoms with E-state index in [-0.39, 0.29) is 5.91 Å². The van der Waals surface area contributed by atoms with Gasteiger partial charge in [-0.25, -0.2) is 9.97 Å². The van der Waals surface area contributed by atoms with Crippen molar-refractivity contribution in [2.45, 2.75) is 0 Å². The third-order valence-corrected chi connectivity index (χ3v) is 4.67. The Morgan fingerprint density at radius 2 is 1.61 bits per heavy atom. The van der Waals surface area contributed by atoms with Crippen LogP contribution in [0.25, 0.3) is 11.3 Å². The average Bonchev–Trinajstić information content (AvgIpc) is 2.81. The molecule has 0 spiro atoms. The highest BCUT2D eigenvalue weighted by Crippen LogP contribution is 2.29. The van der Waals surface area contributed by atoms with Crippen LogP contribution in [0.3, 0.4) is 0 Å². The van der Waals surface area contributed by atoms with Crippen LogP contribution in [0, 0.1) is 0 Å². The molecule has 0 saturated carbocycles. The highest BCUT2D eigenvalue weighted by molar-refractivity contribution is 6.07. The van der Waals surface area contributed by atoms with E-state index < -0.39 is 0 Å². The third-order valence-electron chi connectivity index (χ3n) is 4.67. The number of benzene rings is 3. The number of ether oxygens (including phenoxy) is 1. The lowest BCUT2D eigenvalue weighted by atomic mass is 10.1. The molecule has 0 radical (unpaired) electrons. The Hall–Kier alpha value is -4.39. The maximum Gasteiger partial charge on any atom is 0.257 e. The molecule has 7 nitrogen and oxygen atoms in total. The van der Waals surface area contributed by atoms with Crippen LogP contribution in [0.4, 0.5) is 22.9 Å². The van der Waals surface area contributed by atoms with E-state index in [1.54, 1.807) is 31.4 Å². The summed E-state index contributed by atoms with van der Waals surface area (Å²) in [5.41, 5.74) is 9.86. The minimum atomic E-state index is -0.254. The van der Waals surface area contributed by atoms with Crippen LogP contribution < -0.4 is 21.1 Å². The zero-order valence-corrected chi connectivity index (χ0v) is 16.9. The minimum absolute atomic E-state index is 0.254. The van der Waals surface area contributed by atoms with E-state index >= 15 is 0 Å². The molecule has 1 aromatic heterocycles. The molecule has 154 valence electrons. The van der Waals surface area contributed by atoms with Crippen LogP contribution in [0.1, 0.15) is 10.4 Å². The summed E-state index contributed by atoms with van der Waals surface area (Å²) < 4.78 is 5.42. The average molecular weight is 411 g/mol. The lowest BCUT2D eigenvalue weighted by Crippen LogP contribution is -2.13. The summed E-state index contributed by atoms with van der Waals surface area (Å²) in [4.78, 5) is 21.0. The van der Waals surface area contributed by atoms with Gasteiger partial charge in [-0.1, -0.05) is 24.3 Å². The molecule has 1 amide bonds. The monoisotopic (exact) mass is 411 g/mol. The van der Waals surface area contributed by atoms with Gasteiger partial charge in [-0.15, -0.1) is 0 Å². The number of para-hydroxylation sites is 2. The smallest absolute Gasteiger partial charge is 0.257 e. The van der Waals surface area contributed by atoms with Gasteiger partial charge in [0, 0.05) is 28.7 Å². The summed E-state index contributed by atoms with van der Waals surface area (Å²) in [6, 6.07) is 23.8. The van der Waals surface area contributed by atoms with Crippen molar-refractivity contribution in [1.82, 2.24) is 9.97 Å². The first-order valence-electron chi connectivity index (χ1n) is 9.62. The quantitative estimate of drug-likeness (QED) is 0.397. The van der Waals surface area contributed by atoms with E-state index in [4.69, 9.17) is 10.5 Å². The van der Waals surface area contributed by atoms with Crippen molar-refractivity contribution in [3.05, 3.63) is 90.8 Å². The van der Waals surface area contributed by atoms with Crippen molar-refractivity contribution < 1.29 is 9.53 Å². The van der Waals surface area contributed by atoms with Crippen molar-refractivity contribution in [1.29, 1.82) is 0 Å². The molecule has 0 aliphatic rings. The molecule has 0 saturated heterocycles. The number of amides is 1. The van der Waals surface area contributed by atoms with Gasteiger partial charge in [-0.2, -0.15) is 0 Å². The summed E-state index contributed by atoms with van der Waals surface area (Å²) in [7, 11) is 1.63. The number of nitrogens with zero attached hydrogens (tertiary/aromatic N) is 2. The van der Waals surface area contributed by atoms with Crippen LogP contribution in [0.5, 0.6) is 5.75 Å².